The first-order valence-corrected chi connectivity index (χ1v) is 10.4. The maximum Gasteiger partial charge on any atom is 0.261 e. The minimum Gasteiger partial charge on any atom is -0.493 e. The van der Waals surface area contributed by atoms with Gasteiger partial charge in [-0.25, -0.2) is 4.98 Å². The maximum atomic E-state index is 13.0. The van der Waals surface area contributed by atoms with Gasteiger partial charge in [-0.1, -0.05) is 49.4 Å². The van der Waals surface area contributed by atoms with Crippen LogP contribution in [0, 0.1) is 0 Å². The Morgan fingerprint density at radius 3 is 2.58 bits per heavy atom. The number of ether oxygens (including phenoxy) is 1. The first kappa shape index (κ1) is 20.6. The highest BCUT2D eigenvalue weighted by Crippen LogP contribution is 2.29. The molecule has 1 heterocycles. The molecule has 0 bridgehead atoms. The second-order valence-corrected chi connectivity index (χ2v) is 7.56. The van der Waals surface area contributed by atoms with Crippen LogP contribution in [-0.2, 0) is 17.9 Å². The van der Waals surface area contributed by atoms with Crippen LogP contribution in [0.2, 0.25) is 0 Å². The normalized spacial score (nSPS) is 11.0. The van der Waals surface area contributed by atoms with Crippen LogP contribution in [0.3, 0.4) is 0 Å². The molecule has 0 radical (unpaired) electrons. The molecule has 6 heteroatoms. The zero-order chi connectivity index (χ0) is 21.8. The Morgan fingerprint density at radius 1 is 1.03 bits per heavy atom. The molecular formula is C25H25N3O3. The van der Waals surface area contributed by atoms with Gasteiger partial charge in [0.25, 0.3) is 5.56 Å². The summed E-state index contributed by atoms with van der Waals surface area (Å²) in [4.78, 5) is 31.6. The fraction of sp³-hybridized carbons (Fsp3) is 0.240. The largest absolute Gasteiger partial charge is 0.493 e. The lowest BCUT2D eigenvalue weighted by molar-refractivity contribution is -0.131. The number of hydrogen-bond acceptors (Lipinski definition) is 4. The lowest BCUT2D eigenvalue weighted by Crippen LogP contribution is -2.33. The number of para-hydroxylation sites is 1. The minimum absolute atomic E-state index is 0.0664. The topological polar surface area (TPSA) is 64.4 Å². The summed E-state index contributed by atoms with van der Waals surface area (Å²) in [6, 6.07) is 19.2. The Hall–Kier alpha value is -3.67. The average Bonchev–Trinajstić information content (AvgIpc) is 2.80. The van der Waals surface area contributed by atoms with Crippen molar-refractivity contribution in [3.05, 3.63) is 82.9 Å². The van der Waals surface area contributed by atoms with Gasteiger partial charge in [-0.3, -0.25) is 14.2 Å². The predicted octanol–water partition coefficient (Wildman–Crippen LogP) is 4.00. The summed E-state index contributed by atoms with van der Waals surface area (Å²) in [5.74, 6) is 0.610. The third kappa shape index (κ3) is 4.28. The van der Waals surface area contributed by atoms with E-state index in [0.717, 1.165) is 28.5 Å². The molecule has 3 aromatic carbocycles. The number of fused-ring (bicyclic) bond motifs is 2. The Labute approximate surface area is 180 Å². The van der Waals surface area contributed by atoms with Crippen molar-refractivity contribution in [2.75, 3.05) is 13.7 Å². The van der Waals surface area contributed by atoms with Crippen LogP contribution in [0.1, 0.15) is 18.9 Å². The molecule has 0 atom stereocenters. The van der Waals surface area contributed by atoms with Crippen molar-refractivity contribution in [2.45, 2.75) is 26.4 Å². The van der Waals surface area contributed by atoms with E-state index in [9.17, 15) is 9.59 Å². The summed E-state index contributed by atoms with van der Waals surface area (Å²) in [6.45, 7) is 2.99. The number of benzene rings is 3. The van der Waals surface area contributed by atoms with Crippen molar-refractivity contribution in [1.29, 1.82) is 0 Å². The highest BCUT2D eigenvalue weighted by molar-refractivity contribution is 5.88. The van der Waals surface area contributed by atoms with E-state index in [2.05, 4.69) is 11.9 Å². The molecule has 0 saturated carbocycles. The quantitative estimate of drug-likeness (QED) is 0.458. The summed E-state index contributed by atoms with van der Waals surface area (Å²) >= 11 is 0. The van der Waals surface area contributed by atoms with Crippen LogP contribution in [-0.4, -0.2) is 34.0 Å². The molecule has 0 N–H and O–H groups in total. The van der Waals surface area contributed by atoms with Crippen molar-refractivity contribution in [3.8, 4) is 5.75 Å². The minimum atomic E-state index is -0.218. The van der Waals surface area contributed by atoms with Crippen LogP contribution in [0.15, 0.2) is 71.8 Å². The average molecular weight is 415 g/mol. The molecule has 0 aliphatic rings. The van der Waals surface area contributed by atoms with E-state index >= 15 is 0 Å². The first-order valence-electron chi connectivity index (χ1n) is 10.4. The summed E-state index contributed by atoms with van der Waals surface area (Å²) in [5.41, 5.74) is 1.37. The molecule has 1 aromatic heterocycles. The number of aromatic nitrogens is 2. The molecular weight excluding hydrogens is 390 g/mol. The number of hydrogen-bond donors (Lipinski definition) is 0. The van der Waals surface area contributed by atoms with Crippen LogP contribution in [0.4, 0.5) is 0 Å². The predicted molar refractivity (Wildman–Crippen MR) is 122 cm³/mol. The molecule has 0 saturated heterocycles. The maximum absolute atomic E-state index is 13.0. The summed E-state index contributed by atoms with van der Waals surface area (Å²) in [7, 11) is 1.74. The Balaban J connectivity index is 1.60. The third-order valence-electron chi connectivity index (χ3n) is 5.32. The van der Waals surface area contributed by atoms with Gasteiger partial charge < -0.3 is 9.64 Å². The smallest absolute Gasteiger partial charge is 0.261 e. The highest BCUT2D eigenvalue weighted by Gasteiger charge is 2.16. The molecule has 0 unspecified atom stereocenters. The van der Waals surface area contributed by atoms with E-state index in [1.54, 1.807) is 30.1 Å². The third-order valence-corrected chi connectivity index (χ3v) is 5.32. The summed E-state index contributed by atoms with van der Waals surface area (Å²) in [6.07, 6.45) is 2.34. The van der Waals surface area contributed by atoms with E-state index in [1.165, 1.54) is 10.9 Å². The Kier molecular flexibility index (Phi) is 5.98. The molecule has 0 aliphatic carbocycles. The fourth-order valence-electron chi connectivity index (χ4n) is 3.64. The van der Waals surface area contributed by atoms with E-state index in [4.69, 9.17) is 4.74 Å². The van der Waals surface area contributed by atoms with E-state index < -0.39 is 0 Å². The van der Waals surface area contributed by atoms with Gasteiger partial charge in [0.15, 0.2) is 0 Å². The Morgan fingerprint density at radius 2 is 1.77 bits per heavy atom. The van der Waals surface area contributed by atoms with Crippen molar-refractivity contribution < 1.29 is 9.53 Å². The summed E-state index contributed by atoms with van der Waals surface area (Å²) in [5, 5.41) is 2.65. The van der Waals surface area contributed by atoms with Crippen LogP contribution < -0.4 is 10.3 Å². The van der Waals surface area contributed by atoms with Crippen LogP contribution in [0.5, 0.6) is 5.75 Å². The zero-order valence-electron chi connectivity index (χ0n) is 17.7. The standard InChI is InChI=1S/C25H25N3O3/c1-3-14-31-23-13-12-18-8-4-5-9-19(18)21(23)15-27(2)24(29)16-28-17-26-22-11-7-6-10-20(22)25(28)30/h4-13,17H,3,14-16H2,1-2H3. The van der Waals surface area contributed by atoms with Gasteiger partial charge in [-0.2, -0.15) is 0 Å². The lowest BCUT2D eigenvalue weighted by Gasteiger charge is -2.21. The van der Waals surface area contributed by atoms with Gasteiger partial charge in [0.05, 0.1) is 23.8 Å². The fourth-order valence-corrected chi connectivity index (χ4v) is 3.64. The van der Waals surface area contributed by atoms with Crippen molar-refractivity contribution in [3.63, 3.8) is 0 Å². The molecule has 0 fully saturated rings. The molecule has 0 spiro atoms. The van der Waals surface area contributed by atoms with E-state index in [1.807, 2.05) is 42.5 Å². The second kappa shape index (κ2) is 9.00. The lowest BCUT2D eigenvalue weighted by atomic mass is 10.0. The monoisotopic (exact) mass is 415 g/mol. The van der Waals surface area contributed by atoms with Crippen LogP contribution >= 0.6 is 0 Å². The molecule has 4 aromatic rings. The van der Waals surface area contributed by atoms with Crippen molar-refractivity contribution in [1.82, 2.24) is 14.5 Å². The molecule has 158 valence electrons. The number of likely N-dealkylation sites (N-methyl/N-ethyl adjacent to an activating group) is 1. The molecule has 1 amide bonds. The van der Waals surface area contributed by atoms with Gasteiger partial charge in [0.2, 0.25) is 5.91 Å². The van der Waals surface area contributed by atoms with Gasteiger partial charge in [-0.05, 0) is 35.4 Å². The van der Waals surface area contributed by atoms with Crippen LogP contribution in [0.25, 0.3) is 21.7 Å². The molecule has 0 aliphatic heterocycles. The molecule has 31 heavy (non-hydrogen) atoms. The van der Waals surface area contributed by atoms with Crippen molar-refractivity contribution >= 4 is 27.6 Å². The summed E-state index contributed by atoms with van der Waals surface area (Å²) < 4.78 is 7.32. The van der Waals surface area contributed by atoms with Gasteiger partial charge in [0, 0.05) is 19.2 Å². The van der Waals surface area contributed by atoms with Gasteiger partial charge >= 0.3 is 0 Å². The molecule has 6 nitrogen and oxygen atoms in total. The van der Waals surface area contributed by atoms with Gasteiger partial charge in [-0.15, -0.1) is 0 Å². The number of nitrogens with zero attached hydrogens (tertiary/aromatic N) is 3. The highest BCUT2D eigenvalue weighted by atomic mass is 16.5. The zero-order valence-corrected chi connectivity index (χ0v) is 17.7. The second-order valence-electron chi connectivity index (χ2n) is 7.56. The van der Waals surface area contributed by atoms with E-state index in [-0.39, 0.29) is 18.0 Å². The number of amides is 1. The first-order chi connectivity index (χ1) is 15.1. The van der Waals surface area contributed by atoms with Gasteiger partial charge in [0.1, 0.15) is 12.3 Å². The Bertz CT molecular complexity index is 1300. The SMILES string of the molecule is CCCOc1ccc2ccccc2c1CN(C)C(=O)Cn1cnc2ccccc2c1=O. The number of carbonyl (C=O) groups excluding carboxylic acids is 1. The number of rotatable bonds is 7. The molecule has 4 rings (SSSR count). The van der Waals surface area contributed by atoms with Crippen molar-refractivity contribution in [2.24, 2.45) is 0 Å². The number of carbonyl (C=O) groups is 1. The van der Waals surface area contributed by atoms with E-state index in [0.29, 0.717) is 24.1 Å².